The minimum absolute atomic E-state index is 0.0352. The van der Waals surface area contributed by atoms with Crippen molar-refractivity contribution in [3.63, 3.8) is 0 Å². The molecular formula is C9H15N2O5-. The SMILES string of the molecule is [NH3+][C@@H](CCC(=O)NCCCC(=O)[O-])C(=O)[O-]. The van der Waals surface area contributed by atoms with Gasteiger partial charge in [-0.25, -0.2) is 0 Å². The van der Waals surface area contributed by atoms with Crippen molar-refractivity contribution in [1.82, 2.24) is 5.32 Å². The molecule has 0 saturated heterocycles. The van der Waals surface area contributed by atoms with Gasteiger partial charge < -0.3 is 30.9 Å². The summed E-state index contributed by atoms with van der Waals surface area (Å²) in [6.45, 7) is 0.236. The average Bonchev–Trinajstić information content (AvgIpc) is 2.20. The molecule has 1 amide bonds. The molecule has 0 aromatic rings. The second-order valence-corrected chi connectivity index (χ2v) is 3.38. The van der Waals surface area contributed by atoms with Gasteiger partial charge in [0.05, 0.1) is 5.97 Å². The molecule has 16 heavy (non-hydrogen) atoms. The molecule has 1 atom stereocenters. The Morgan fingerprint density at radius 2 is 1.81 bits per heavy atom. The maximum absolute atomic E-state index is 11.1. The van der Waals surface area contributed by atoms with Crippen LogP contribution >= 0.6 is 0 Å². The quantitative estimate of drug-likeness (QED) is 0.408. The number of carbonyl (C=O) groups excluding carboxylic acids is 3. The first-order valence-electron chi connectivity index (χ1n) is 4.94. The first-order chi connectivity index (χ1) is 7.43. The van der Waals surface area contributed by atoms with E-state index in [1.165, 1.54) is 0 Å². The second-order valence-electron chi connectivity index (χ2n) is 3.38. The van der Waals surface area contributed by atoms with Gasteiger partial charge in [0, 0.05) is 25.4 Å². The van der Waals surface area contributed by atoms with E-state index in [2.05, 4.69) is 11.1 Å². The Morgan fingerprint density at radius 1 is 1.19 bits per heavy atom. The molecule has 7 heteroatoms. The fraction of sp³-hybridized carbons (Fsp3) is 0.667. The number of rotatable bonds is 8. The van der Waals surface area contributed by atoms with Crippen LogP contribution in [0.15, 0.2) is 0 Å². The van der Waals surface area contributed by atoms with Gasteiger partial charge in [0.25, 0.3) is 0 Å². The molecule has 0 aromatic carbocycles. The molecule has 0 aromatic heterocycles. The van der Waals surface area contributed by atoms with Gasteiger partial charge in [-0.2, -0.15) is 0 Å². The number of hydrogen-bond acceptors (Lipinski definition) is 5. The van der Waals surface area contributed by atoms with E-state index in [-0.39, 0.29) is 31.7 Å². The van der Waals surface area contributed by atoms with Crippen molar-refractivity contribution in [2.45, 2.75) is 31.7 Å². The molecule has 92 valence electrons. The Morgan fingerprint density at radius 3 is 2.31 bits per heavy atom. The fourth-order valence-electron chi connectivity index (χ4n) is 0.972. The summed E-state index contributed by atoms with van der Waals surface area (Å²) in [6, 6.07) is -0.908. The Kier molecular flexibility index (Phi) is 6.86. The number of carboxylic acid groups (broad SMARTS) is 2. The third-order valence-corrected chi connectivity index (χ3v) is 1.93. The smallest absolute Gasteiger partial charge is 0.220 e. The normalized spacial score (nSPS) is 11.8. The molecule has 0 saturated carbocycles. The predicted octanol–water partition coefficient (Wildman–Crippen LogP) is -4.23. The lowest BCUT2D eigenvalue weighted by Gasteiger charge is -2.09. The van der Waals surface area contributed by atoms with E-state index in [0.717, 1.165) is 0 Å². The monoisotopic (exact) mass is 231 g/mol. The zero-order chi connectivity index (χ0) is 12.6. The third-order valence-electron chi connectivity index (χ3n) is 1.93. The van der Waals surface area contributed by atoms with Crippen molar-refractivity contribution in [2.75, 3.05) is 6.54 Å². The molecule has 0 rings (SSSR count). The highest BCUT2D eigenvalue weighted by Crippen LogP contribution is 1.92. The van der Waals surface area contributed by atoms with Crippen LogP contribution in [0, 0.1) is 0 Å². The minimum atomic E-state index is -1.29. The van der Waals surface area contributed by atoms with Crippen LogP contribution in [0.4, 0.5) is 0 Å². The molecule has 4 N–H and O–H groups in total. The molecule has 0 radical (unpaired) electrons. The van der Waals surface area contributed by atoms with E-state index in [9.17, 15) is 24.6 Å². The summed E-state index contributed by atoms with van der Waals surface area (Å²) in [5.41, 5.74) is 3.30. The van der Waals surface area contributed by atoms with Gasteiger partial charge >= 0.3 is 0 Å². The van der Waals surface area contributed by atoms with Crippen molar-refractivity contribution in [2.24, 2.45) is 0 Å². The summed E-state index contributed by atoms with van der Waals surface area (Å²) in [7, 11) is 0. The van der Waals surface area contributed by atoms with Crippen LogP contribution in [0.25, 0.3) is 0 Å². The summed E-state index contributed by atoms with van der Waals surface area (Å²) in [6.07, 6.45) is 0.321. The van der Waals surface area contributed by atoms with E-state index >= 15 is 0 Å². The van der Waals surface area contributed by atoms with Gasteiger partial charge in [0.2, 0.25) is 5.91 Å². The van der Waals surface area contributed by atoms with Gasteiger partial charge in [-0.15, -0.1) is 0 Å². The first-order valence-corrected chi connectivity index (χ1v) is 4.94. The van der Waals surface area contributed by atoms with Crippen LogP contribution < -0.4 is 21.3 Å². The molecule has 0 spiro atoms. The molecular weight excluding hydrogens is 216 g/mol. The summed E-state index contributed by atoms with van der Waals surface area (Å²) in [4.78, 5) is 31.4. The van der Waals surface area contributed by atoms with Crippen molar-refractivity contribution >= 4 is 17.8 Å². The maximum Gasteiger partial charge on any atom is 0.220 e. The lowest BCUT2D eigenvalue weighted by Crippen LogP contribution is -2.68. The van der Waals surface area contributed by atoms with Crippen molar-refractivity contribution in [3.05, 3.63) is 0 Å². The number of carbonyl (C=O) groups is 3. The van der Waals surface area contributed by atoms with Crippen LogP contribution in [-0.2, 0) is 14.4 Å². The highest BCUT2D eigenvalue weighted by Gasteiger charge is 2.09. The summed E-state index contributed by atoms with van der Waals surface area (Å²) < 4.78 is 0. The molecule has 0 heterocycles. The summed E-state index contributed by atoms with van der Waals surface area (Å²) in [5, 5.41) is 22.8. The molecule has 0 aliphatic carbocycles. The number of aliphatic carboxylic acids is 2. The zero-order valence-electron chi connectivity index (χ0n) is 8.86. The van der Waals surface area contributed by atoms with E-state index in [1.54, 1.807) is 0 Å². The van der Waals surface area contributed by atoms with Gasteiger partial charge in [-0.05, 0) is 12.8 Å². The third kappa shape index (κ3) is 7.74. The number of nitrogens with one attached hydrogen (secondary N) is 1. The highest BCUT2D eigenvalue weighted by molar-refractivity contribution is 5.77. The lowest BCUT2D eigenvalue weighted by atomic mass is 10.1. The Labute approximate surface area is 92.6 Å². The zero-order valence-corrected chi connectivity index (χ0v) is 8.86. The number of hydrogen-bond donors (Lipinski definition) is 2. The number of amides is 1. The van der Waals surface area contributed by atoms with E-state index in [4.69, 9.17) is 0 Å². The highest BCUT2D eigenvalue weighted by atomic mass is 16.4. The van der Waals surface area contributed by atoms with E-state index < -0.39 is 18.0 Å². The molecule has 0 fully saturated rings. The Balaban J connectivity index is 3.52. The van der Waals surface area contributed by atoms with Gasteiger partial charge in [-0.3, -0.25) is 4.79 Å². The predicted molar refractivity (Wildman–Crippen MR) is 48.2 cm³/mol. The Bertz CT molecular complexity index is 267. The van der Waals surface area contributed by atoms with Gasteiger partial charge in [0.15, 0.2) is 0 Å². The Hall–Kier alpha value is -1.63. The summed E-state index contributed by atoms with van der Waals surface area (Å²) >= 11 is 0. The largest absolute Gasteiger partial charge is 0.550 e. The van der Waals surface area contributed by atoms with Crippen LogP contribution in [0.2, 0.25) is 0 Å². The van der Waals surface area contributed by atoms with Crippen LogP contribution in [0.1, 0.15) is 25.7 Å². The first kappa shape index (κ1) is 14.4. The molecule has 7 nitrogen and oxygen atoms in total. The van der Waals surface area contributed by atoms with Gasteiger partial charge in [0.1, 0.15) is 6.04 Å². The standard InChI is InChI=1S/C9H16N2O5/c10-6(9(15)16)3-4-7(12)11-5-1-2-8(13)14/h6H,1-5,10H2,(H,11,12)(H,13,14)(H,15,16)/p-1/t6-/m0/s1. The van der Waals surface area contributed by atoms with Gasteiger partial charge in [-0.1, -0.05) is 0 Å². The van der Waals surface area contributed by atoms with E-state index in [1.807, 2.05) is 0 Å². The maximum atomic E-state index is 11.1. The number of carboxylic acids is 2. The van der Waals surface area contributed by atoms with E-state index in [0.29, 0.717) is 6.42 Å². The average molecular weight is 231 g/mol. The molecule has 0 aliphatic rings. The second kappa shape index (κ2) is 7.63. The number of quaternary nitrogens is 1. The van der Waals surface area contributed by atoms with Crippen molar-refractivity contribution in [3.8, 4) is 0 Å². The lowest BCUT2D eigenvalue weighted by molar-refractivity contribution is -0.438. The molecule has 0 aliphatic heterocycles. The minimum Gasteiger partial charge on any atom is -0.550 e. The van der Waals surface area contributed by atoms with Crippen molar-refractivity contribution in [1.29, 1.82) is 0 Å². The van der Waals surface area contributed by atoms with Crippen LogP contribution in [-0.4, -0.2) is 30.4 Å². The topological polar surface area (TPSA) is 137 Å². The molecule has 0 unspecified atom stereocenters. The summed E-state index contributed by atoms with van der Waals surface area (Å²) in [5.74, 6) is -2.78. The van der Waals surface area contributed by atoms with Crippen molar-refractivity contribution < 1.29 is 30.3 Å². The fourth-order valence-corrected chi connectivity index (χ4v) is 0.972. The van der Waals surface area contributed by atoms with Crippen LogP contribution in [0.3, 0.4) is 0 Å². The van der Waals surface area contributed by atoms with Crippen LogP contribution in [0.5, 0.6) is 0 Å². The molecule has 0 bridgehead atoms.